The Hall–Kier alpha value is -2.99. The van der Waals surface area contributed by atoms with Crippen LogP contribution in [0.4, 0.5) is 0 Å². The Morgan fingerprint density at radius 2 is 1.88 bits per heavy atom. The first kappa shape index (κ1) is 28.5. The van der Waals surface area contributed by atoms with E-state index < -0.39 is 34.1 Å². The van der Waals surface area contributed by atoms with Crippen LogP contribution >= 0.6 is 23.2 Å². The lowest BCUT2D eigenvalue weighted by Gasteiger charge is -2.49. The van der Waals surface area contributed by atoms with E-state index in [0.717, 1.165) is 19.1 Å². The molecule has 1 fully saturated rings. The van der Waals surface area contributed by atoms with Crippen molar-refractivity contribution in [3.05, 3.63) is 81.9 Å². The van der Waals surface area contributed by atoms with E-state index in [1.807, 2.05) is 0 Å². The molecule has 1 aromatic heterocycles. The summed E-state index contributed by atoms with van der Waals surface area (Å²) in [6.07, 6.45) is 6.88. The molecular formula is C27H30Cl2N6O4S. The molecule has 40 heavy (non-hydrogen) atoms. The Balaban J connectivity index is 1.61. The minimum Gasteiger partial charge on any atom is -0.354 e. The first-order valence-corrected chi connectivity index (χ1v) is 15.7. The Morgan fingerprint density at radius 3 is 2.60 bits per heavy atom. The molecule has 10 nitrogen and oxygen atoms in total. The maximum Gasteiger partial charge on any atom is 0.255 e. The van der Waals surface area contributed by atoms with Gasteiger partial charge in [-0.15, -0.1) is 0 Å². The van der Waals surface area contributed by atoms with Crippen molar-refractivity contribution in [1.82, 2.24) is 29.7 Å². The van der Waals surface area contributed by atoms with Crippen molar-refractivity contribution >= 4 is 45.0 Å². The number of hydrogen-bond donors (Lipinski definition) is 2. The molecule has 212 valence electrons. The lowest BCUT2D eigenvalue weighted by Crippen LogP contribution is -2.59. The second-order valence-electron chi connectivity index (χ2n) is 10.2. The summed E-state index contributed by atoms with van der Waals surface area (Å²) in [5, 5.41) is 7.82. The second-order valence-corrected chi connectivity index (χ2v) is 12.8. The third kappa shape index (κ3) is 6.02. The van der Waals surface area contributed by atoms with Gasteiger partial charge in [-0.2, -0.15) is 5.10 Å². The topological polar surface area (TPSA) is 126 Å². The molecule has 5 rings (SSSR count). The first-order chi connectivity index (χ1) is 19.1. The van der Waals surface area contributed by atoms with Gasteiger partial charge in [0.2, 0.25) is 15.9 Å². The third-order valence-electron chi connectivity index (χ3n) is 7.50. The smallest absolute Gasteiger partial charge is 0.255 e. The number of benzene rings is 2. The maximum absolute atomic E-state index is 14.3. The van der Waals surface area contributed by atoms with Crippen LogP contribution in [0.5, 0.6) is 0 Å². The number of amides is 2. The van der Waals surface area contributed by atoms with Crippen molar-refractivity contribution in [1.29, 1.82) is 0 Å². The summed E-state index contributed by atoms with van der Waals surface area (Å²) >= 11 is 13.0. The van der Waals surface area contributed by atoms with Gasteiger partial charge in [-0.25, -0.2) is 18.1 Å². The Morgan fingerprint density at radius 1 is 1.10 bits per heavy atom. The number of rotatable bonds is 8. The van der Waals surface area contributed by atoms with Gasteiger partial charge in [-0.1, -0.05) is 60.3 Å². The van der Waals surface area contributed by atoms with Crippen LogP contribution in [0.25, 0.3) is 0 Å². The Kier molecular flexibility index (Phi) is 8.46. The van der Waals surface area contributed by atoms with Crippen LogP contribution in [0, 0.1) is 0 Å². The quantitative estimate of drug-likeness (QED) is 0.405. The number of aromatic nitrogens is 3. The number of hydrogen-bond acceptors (Lipinski definition) is 6. The highest BCUT2D eigenvalue weighted by Crippen LogP contribution is 2.47. The minimum absolute atomic E-state index is 0.273. The van der Waals surface area contributed by atoms with Gasteiger partial charge >= 0.3 is 0 Å². The largest absolute Gasteiger partial charge is 0.354 e. The molecular weight excluding hydrogens is 575 g/mol. The number of sulfonamides is 1. The monoisotopic (exact) mass is 604 g/mol. The molecule has 0 radical (unpaired) electrons. The zero-order chi connectivity index (χ0) is 28.4. The van der Waals surface area contributed by atoms with E-state index >= 15 is 0 Å². The van der Waals surface area contributed by atoms with E-state index in [9.17, 15) is 18.0 Å². The number of halogens is 2. The lowest BCUT2D eigenvalue weighted by molar-refractivity contribution is -0.124. The van der Waals surface area contributed by atoms with E-state index in [4.69, 9.17) is 23.2 Å². The van der Waals surface area contributed by atoms with Crippen molar-refractivity contribution in [2.24, 2.45) is 0 Å². The molecule has 2 aromatic carbocycles. The van der Waals surface area contributed by atoms with Gasteiger partial charge in [0.15, 0.2) is 0 Å². The summed E-state index contributed by atoms with van der Waals surface area (Å²) in [7, 11) is -3.56. The maximum atomic E-state index is 14.3. The van der Waals surface area contributed by atoms with Gasteiger partial charge in [0.25, 0.3) is 5.91 Å². The average molecular weight is 606 g/mol. The number of carbonyl (C=O) groups is 2. The van der Waals surface area contributed by atoms with E-state index in [2.05, 4.69) is 20.1 Å². The predicted molar refractivity (Wildman–Crippen MR) is 152 cm³/mol. The van der Waals surface area contributed by atoms with Gasteiger partial charge < -0.3 is 10.2 Å². The van der Waals surface area contributed by atoms with E-state index in [0.29, 0.717) is 46.1 Å². The van der Waals surface area contributed by atoms with Crippen LogP contribution in [-0.4, -0.2) is 64.8 Å². The summed E-state index contributed by atoms with van der Waals surface area (Å²) in [6.45, 7) is 0.704. The standard InChI is InChI=1S/C27H30Cl2N6O4S/c1-40(38,39)33-22-8-4-5-9-23(22)35-25(20-11-10-17(28)14-21(20)29)24(18-6-2-3-7-19(18)27(35)37)26(36)31-12-13-34-16-30-15-32-34/h2-3,6-7,10-11,14-16,22-25,33H,4-5,8-9,12-13H2,1H3,(H,31,36)/t22-,23-,24+,25-/m0/s1. The number of carbonyl (C=O) groups excluding carboxylic acids is 2. The zero-order valence-electron chi connectivity index (χ0n) is 21.8. The predicted octanol–water partition coefficient (Wildman–Crippen LogP) is 3.54. The molecule has 1 aliphatic carbocycles. The minimum atomic E-state index is -3.56. The first-order valence-electron chi connectivity index (χ1n) is 13.1. The summed E-state index contributed by atoms with van der Waals surface area (Å²) in [4.78, 5) is 33.9. The fraction of sp³-hybridized carbons (Fsp3) is 0.407. The molecule has 0 unspecified atom stereocenters. The zero-order valence-corrected chi connectivity index (χ0v) is 24.2. The summed E-state index contributed by atoms with van der Waals surface area (Å²) in [6, 6.07) is 10.3. The number of nitrogens with one attached hydrogen (secondary N) is 2. The SMILES string of the molecule is CS(=O)(=O)N[C@H]1CCCC[C@@H]1N1C(=O)c2ccccc2[C@@H](C(=O)NCCn2cncn2)[C@@H]1c1ccc(Cl)cc1Cl. The van der Waals surface area contributed by atoms with Crippen molar-refractivity contribution in [2.75, 3.05) is 12.8 Å². The molecule has 1 aliphatic heterocycles. The van der Waals surface area contributed by atoms with Gasteiger partial charge in [0, 0.05) is 34.2 Å². The fourth-order valence-corrected chi connectivity index (χ4v) is 7.22. The number of nitrogens with zero attached hydrogens (tertiary/aromatic N) is 4. The van der Waals surface area contributed by atoms with Crippen LogP contribution in [0.3, 0.4) is 0 Å². The van der Waals surface area contributed by atoms with E-state index in [1.165, 1.54) is 6.33 Å². The van der Waals surface area contributed by atoms with Gasteiger partial charge in [0.1, 0.15) is 12.7 Å². The molecule has 3 aromatic rings. The molecule has 0 spiro atoms. The van der Waals surface area contributed by atoms with Crippen molar-refractivity contribution in [3.63, 3.8) is 0 Å². The molecule has 2 amide bonds. The van der Waals surface area contributed by atoms with Gasteiger partial charge in [-0.05, 0) is 42.2 Å². The second kappa shape index (κ2) is 11.9. The number of fused-ring (bicyclic) bond motifs is 1. The lowest BCUT2D eigenvalue weighted by atomic mass is 9.76. The summed E-state index contributed by atoms with van der Waals surface area (Å²) in [5.41, 5.74) is 1.56. The van der Waals surface area contributed by atoms with Crippen LogP contribution in [0.15, 0.2) is 55.1 Å². The Labute approximate surface area is 243 Å². The Bertz CT molecular complexity index is 1500. The highest BCUT2D eigenvalue weighted by atomic mass is 35.5. The van der Waals surface area contributed by atoms with Crippen molar-refractivity contribution in [3.8, 4) is 0 Å². The molecule has 1 saturated carbocycles. The van der Waals surface area contributed by atoms with E-state index in [-0.39, 0.29) is 18.4 Å². The average Bonchev–Trinajstić information content (AvgIpc) is 3.42. The fourth-order valence-electron chi connectivity index (χ4n) is 5.88. The summed E-state index contributed by atoms with van der Waals surface area (Å²) in [5.74, 6) is -1.38. The highest BCUT2D eigenvalue weighted by molar-refractivity contribution is 7.88. The molecule has 2 heterocycles. The van der Waals surface area contributed by atoms with Crippen LogP contribution in [0.1, 0.15) is 59.1 Å². The van der Waals surface area contributed by atoms with Gasteiger partial charge in [-0.3, -0.25) is 14.3 Å². The normalized spacial score (nSPS) is 23.1. The molecule has 2 aliphatic rings. The van der Waals surface area contributed by atoms with Gasteiger partial charge in [0.05, 0.1) is 24.8 Å². The van der Waals surface area contributed by atoms with Crippen LogP contribution < -0.4 is 10.0 Å². The molecule has 0 saturated heterocycles. The van der Waals surface area contributed by atoms with E-state index in [1.54, 1.807) is 58.4 Å². The van der Waals surface area contributed by atoms with Crippen molar-refractivity contribution < 1.29 is 18.0 Å². The van der Waals surface area contributed by atoms with Crippen LogP contribution in [0.2, 0.25) is 10.0 Å². The molecule has 0 bridgehead atoms. The summed E-state index contributed by atoms with van der Waals surface area (Å²) < 4.78 is 29.0. The van der Waals surface area contributed by atoms with Crippen molar-refractivity contribution in [2.45, 2.75) is 56.3 Å². The highest BCUT2D eigenvalue weighted by Gasteiger charge is 2.49. The molecule has 4 atom stereocenters. The molecule has 2 N–H and O–H groups in total. The van der Waals surface area contributed by atoms with Crippen LogP contribution in [-0.2, 0) is 21.4 Å². The molecule has 13 heteroatoms. The third-order valence-corrected chi connectivity index (χ3v) is 8.79.